The molecule has 1 saturated heterocycles. The molecule has 0 aliphatic carbocycles. The summed E-state index contributed by atoms with van der Waals surface area (Å²) in [6, 6.07) is 0. The van der Waals surface area contributed by atoms with Crippen LogP contribution in [0.15, 0.2) is 5.38 Å². The number of nitrogens with one attached hydrogen (secondary N) is 1. The molecule has 2 rings (SSSR count). The minimum Gasteiger partial charge on any atom is -0.346 e. The number of anilines is 1. The van der Waals surface area contributed by atoms with E-state index in [1.54, 1.807) is 11.3 Å². The van der Waals surface area contributed by atoms with Crippen LogP contribution in [0.1, 0.15) is 5.69 Å². The van der Waals surface area contributed by atoms with E-state index in [1.165, 1.54) is 5.13 Å². The largest absolute Gasteiger partial charge is 0.346 e. The lowest BCUT2D eigenvalue weighted by Crippen LogP contribution is -2.43. The summed E-state index contributed by atoms with van der Waals surface area (Å²) in [5, 5.41) is 6.61. The molecule has 0 atom stereocenters. The van der Waals surface area contributed by atoms with Crippen molar-refractivity contribution in [2.75, 3.05) is 31.1 Å². The van der Waals surface area contributed by atoms with Crippen LogP contribution in [0.25, 0.3) is 0 Å². The quantitative estimate of drug-likeness (QED) is 0.700. The summed E-state index contributed by atoms with van der Waals surface area (Å²) < 4.78 is 0. The van der Waals surface area contributed by atoms with Gasteiger partial charge in [-0.05, 0) is 6.92 Å². The molecule has 1 aromatic rings. The van der Waals surface area contributed by atoms with E-state index in [0.717, 1.165) is 31.9 Å². The van der Waals surface area contributed by atoms with E-state index in [2.05, 4.69) is 20.6 Å². The summed E-state index contributed by atoms with van der Waals surface area (Å²) in [5.41, 5.74) is 1.13. The molecule has 0 amide bonds. The maximum absolute atomic E-state index is 4.45. The second kappa shape index (κ2) is 3.41. The predicted molar refractivity (Wildman–Crippen MR) is 51.9 cm³/mol. The van der Waals surface area contributed by atoms with E-state index in [-0.39, 0.29) is 0 Å². The van der Waals surface area contributed by atoms with Crippen molar-refractivity contribution in [3.8, 4) is 0 Å². The predicted octanol–water partition coefficient (Wildman–Crippen LogP) is 0.861. The maximum atomic E-state index is 4.45. The normalized spacial score (nSPS) is 18.2. The molecule has 3 nitrogen and oxygen atoms in total. The minimum absolute atomic E-state index is 1.08. The second-order valence-electron chi connectivity index (χ2n) is 3.01. The number of thiazole rings is 1. The van der Waals surface area contributed by atoms with Crippen molar-refractivity contribution >= 4 is 16.5 Å². The molecule has 1 fully saturated rings. The zero-order valence-electron chi connectivity index (χ0n) is 7.21. The van der Waals surface area contributed by atoms with Crippen LogP contribution in [-0.2, 0) is 0 Å². The summed E-state index contributed by atoms with van der Waals surface area (Å²) in [5.74, 6) is 0. The average Bonchev–Trinajstić information content (AvgIpc) is 2.54. The summed E-state index contributed by atoms with van der Waals surface area (Å²) in [4.78, 5) is 6.79. The number of hydrogen-bond acceptors (Lipinski definition) is 4. The van der Waals surface area contributed by atoms with E-state index in [1.807, 2.05) is 6.92 Å². The smallest absolute Gasteiger partial charge is 0.185 e. The first-order valence-electron chi connectivity index (χ1n) is 4.24. The van der Waals surface area contributed by atoms with Crippen molar-refractivity contribution in [3.05, 3.63) is 11.1 Å². The SMILES string of the molecule is Cc1csc(N2CCNCC2)n1. The summed E-state index contributed by atoms with van der Waals surface area (Å²) in [6.07, 6.45) is 0. The van der Waals surface area contributed by atoms with Gasteiger partial charge in [-0.15, -0.1) is 11.3 Å². The fourth-order valence-corrected chi connectivity index (χ4v) is 2.20. The number of hydrogen-bond donors (Lipinski definition) is 1. The lowest BCUT2D eigenvalue weighted by atomic mass is 10.4. The Morgan fingerprint density at radius 1 is 1.50 bits per heavy atom. The molecule has 1 aliphatic rings. The molecule has 0 saturated carbocycles. The molecule has 2 heterocycles. The number of piperazine rings is 1. The van der Waals surface area contributed by atoms with Gasteiger partial charge in [0.2, 0.25) is 0 Å². The Morgan fingerprint density at radius 3 is 2.83 bits per heavy atom. The van der Waals surface area contributed by atoms with Gasteiger partial charge in [-0.25, -0.2) is 4.98 Å². The molecule has 1 N–H and O–H groups in total. The third-order valence-electron chi connectivity index (χ3n) is 1.99. The van der Waals surface area contributed by atoms with Crippen LogP contribution in [-0.4, -0.2) is 31.2 Å². The zero-order chi connectivity index (χ0) is 8.39. The third kappa shape index (κ3) is 1.59. The Hall–Kier alpha value is -0.610. The molecule has 0 spiro atoms. The molecule has 0 bridgehead atoms. The van der Waals surface area contributed by atoms with E-state index in [4.69, 9.17) is 0 Å². The van der Waals surface area contributed by atoms with Gasteiger partial charge >= 0.3 is 0 Å². The van der Waals surface area contributed by atoms with Crippen LogP contribution in [0, 0.1) is 6.92 Å². The van der Waals surface area contributed by atoms with Crippen molar-refractivity contribution < 1.29 is 0 Å². The van der Waals surface area contributed by atoms with Crippen LogP contribution in [0.2, 0.25) is 0 Å². The van der Waals surface area contributed by atoms with E-state index >= 15 is 0 Å². The molecule has 66 valence electrons. The molecule has 1 aromatic heterocycles. The van der Waals surface area contributed by atoms with Crippen molar-refractivity contribution in [1.29, 1.82) is 0 Å². The molecule has 4 heteroatoms. The number of nitrogens with zero attached hydrogens (tertiary/aromatic N) is 2. The highest BCUT2D eigenvalue weighted by molar-refractivity contribution is 7.13. The number of aromatic nitrogens is 1. The van der Waals surface area contributed by atoms with Gasteiger partial charge in [-0.2, -0.15) is 0 Å². The van der Waals surface area contributed by atoms with Gasteiger partial charge in [-0.3, -0.25) is 0 Å². The van der Waals surface area contributed by atoms with Gasteiger partial charge < -0.3 is 10.2 Å². The standard InChI is InChI=1S/C8H13N3S/c1-7-6-12-8(10-7)11-4-2-9-3-5-11/h6,9H,2-5H2,1H3. The topological polar surface area (TPSA) is 28.2 Å². The molecular weight excluding hydrogens is 170 g/mol. The third-order valence-corrected chi connectivity index (χ3v) is 3.01. The van der Waals surface area contributed by atoms with Gasteiger partial charge in [0.05, 0.1) is 5.69 Å². The summed E-state index contributed by atoms with van der Waals surface area (Å²) in [6.45, 7) is 6.39. The van der Waals surface area contributed by atoms with Crippen molar-refractivity contribution in [1.82, 2.24) is 10.3 Å². The van der Waals surface area contributed by atoms with Crippen LogP contribution in [0.5, 0.6) is 0 Å². The Labute approximate surface area is 76.4 Å². The van der Waals surface area contributed by atoms with Crippen LogP contribution in [0.4, 0.5) is 5.13 Å². The maximum Gasteiger partial charge on any atom is 0.185 e. The van der Waals surface area contributed by atoms with Crippen LogP contribution < -0.4 is 10.2 Å². The average molecular weight is 183 g/mol. The first-order chi connectivity index (χ1) is 5.86. The fourth-order valence-electron chi connectivity index (χ4n) is 1.34. The first-order valence-corrected chi connectivity index (χ1v) is 5.12. The van der Waals surface area contributed by atoms with Crippen molar-refractivity contribution in [2.45, 2.75) is 6.92 Å². The number of rotatable bonds is 1. The Balaban J connectivity index is 2.08. The number of aryl methyl sites for hydroxylation is 1. The summed E-state index contributed by atoms with van der Waals surface area (Å²) >= 11 is 1.74. The summed E-state index contributed by atoms with van der Waals surface area (Å²) in [7, 11) is 0. The van der Waals surface area contributed by atoms with E-state index in [0.29, 0.717) is 0 Å². The lowest BCUT2D eigenvalue weighted by molar-refractivity contribution is 0.588. The first kappa shape index (κ1) is 8.01. The second-order valence-corrected chi connectivity index (χ2v) is 3.85. The van der Waals surface area contributed by atoms with Gasteiger partial charge in [0, 0.05) is 31.6 Å². The van der Waals surface area contributed by atoms with E-state index in [9.17, 15) is 0 Å². The minimum atomic E-state index is 1.08. The molecule has 0 radical (unpaired) electrons. The van der Waals surface area contributed by atoms with Crippen molar-refractivity contribution in [2.24, 2.45) is 0 Å². The van der Waals surface area contributed by atoms with Gasteiger partial charge in [-0.1, -0.05) is 0 Å². The monoisotopic (exact) mass is 183 g/mol. The lowest BCUT2D eigenvalue weighted by Gasteiger charge is -2.26. The van der Waals surface area contributed by atoms with Crippen LogP contribution >= 0.6 is 11.3 Å². The zero-order valence-corrected chi connectivity index (χ0v) is 8.02. The Kier molecular flexibility index (Phi) is 2.28. The Bertz CT molecular complexity index is 253. The highest BCUT2D eigenvalue weighted by Gasteiger charge is 2.12. The highest BCUT2D eigenvalue weighted by Crippen LogP contribution is 2.19. The molecule has 0 aromatic carbocycles. The molecule has 12 heavy (non-hydrogen) atoms. The fraction of sp³-hybridized carbons (Fsp3) is 0.625. The highest BCUT2D eigenvalue weighted by atomic mass is 32.1. The van der Waals surface area contributed by atoms with Gasteiger partial charge in [0.1, 0.15) is 0 Å². The molecular formula is C8H13N3S. The Morgan fingerprint density at radius 2 is 2.25 bits per heavy atom. The molecule has 1 aliphatic heterocycles. The molecule has 0 unspecified atom stereocenters. The van der Waals surface area contributed by atoms with Gasteiger partial charge in [0.25, 0.3) is 0 Å². The van der Waals surface area contributed by atoms with E-state index < -0.39 is 0 Å². The van der Waals surface area contributed by atoms with Gasteiger partial charge in [0.15, 0.2) is 5.13 Å². The van der Waals surface area contributed by atoms with Crippen LogP contribution in [0.3, 0.4) is 0 Å². The van der Waals surface area contributed by atoms with Crippen molar-refractivity contribution in [3.63, 3.8) is 0 Å².